The van der Waals surface area contributed by atoms with Gasteiger partial charge in [-0.2, -0.15) is 0 Å². The van der Waals surface area contributed by atoms with Crippen LogP contribution in [0.1, 0.15) is 25.7 Å². The van der Waals surface area contributed by atoms with Crippen molar-refractivity contribution in [3.63, 3.8) is 0 Å². The zero-order chi connectivity index (χ0) is 13.1. The molecule has 3 rings (SSSR count). The van der Waals surface area contributed by atoms with E-state index in [0.29, 0.717) is 17.7 Å². The highest BCUT2D eigenvalue weighted by atomic mass is 16.2. The predicted molar refractivity (Wildman–Crippen MR) is 72.5 cm³/mol. The molecule has 0 radical (unpaired) electrons. The topological polar surface area (TPSA) is 58.1 Å². The van der Waals surface area contributed by atoms with Crippen molar-refractivity contribution in [1.29, 1.82) is 0 Å². The van der Waals surface area contributed by atoms with Gasteiger partial charge in [0.2, 0.25) is 5.91 Å². The van der Waals surface area contributed by atoms with E-state index in [1.165, 1.54) is 0 Å². The minimum atomic E-state index is 0.356. The molecule has 5 nitrogen and oxygen atoms in total. The number of aromatic nitrogens is 2. The summed E-state index contributed by atoms with van der Waals surface area (Å²) in [4.78, 5) is 22.2. The molecule has 5 heteroatoms. The van der Waals surface area contributed by atoms with Crippen LogP contribution in [0.3, 0.4) is 0 Å². The first-order chi connectivity index (χ1) is 9.33. The highest BCUT2D eigenvalue weighted by molar-refractivity contribution is 5.81. The monoisotopic (exact) mass is 260 g/mol. The molecule has 1 aliphatic heterocycles. The third kappa shape index (κ3) is 3.22. The Morgan fingerprint density at radius 1 is 1.26 bits per heavy atom. The van der Waals surface area contributed by atoms with Gasteiger partial charge in [-0.3, -0.25) is 9.78 Å². The van der Waals surface area contributed by atoms with Gasteiger partial charge in [0, 0.05) is 37.9 Å². The summed E-state index contributed by atoms with van der Waals surface area (Å²) < 4.78 is 0. The predicted octanol–water partition coefficient (Wildman–Crippen LogP) is 1.54. The van der Waals surface area contributed by atoms with Crippen LogP contribution in [0.15, 0.2) is 18.6 Å². The van der Waals surface area contributed by atoms with Crippen molar-refractivity contribution in [2.75, 3.05) is 25.0 Å². The molecule has 0 spiro atoms. The third-order valence-corrected chi connectivity index (χ3v) is 3.99. The maximum atomic E-state index is 11.9. The maximum Gasteiger partial charge on any atom is 0.225 e. The zero-order valence-corrected chi connectivity index (χ0v) is 11.1. The van der Waals surface area contributed by atoms with Crippen molar-refractivity contribution < 1.29 is 4.79 Å². The molecule has 0 unspecified atom stereocenters. The molecule has 19 heavy (non-hydrogen) atoms. The number of anilines is 1. The Morgan fingerprint density at radius 2 is 2.05 bits per heavy atom. The fourth-order valence-electron chi connectivity index (χ4n) is 2.59. The quantitative estimate of drug-likeness (QED) is 0.892. The summed E-state index contributed by atoms with van der Waals surface area (Å²) in [6.07, 6.45) is 9.50. The van der Waals surface area contributed by atoms with Crippen molar-refractivity contribution in [2.45, 2.75) is 25.7 Å². The SMILES string of the molecule is O=C(C1CC1)N1CCC(CNc2cnccn2)CC1. The minimum absolute atomic E-state index is 0.356. The fourth-order valence-corrected chi connectivity index (χ4v) is 2.59. The fraction of sp³-hybridized carbons (Fsp3) is 0.643. The van der Waals surface area contributed by atoms with Gasteiger partial charge in [-0.05, 0) is 31.6 Å². The van der Waals surface area contributed by atoms with Crippen LogP contribution >= 0.6 is 0 Å². The van der Waals surface area contributed by atoms with E-state index in [1.807, 2.05) is 0 Å². The molecule has 1 aromatic heterocycles. The van der Waals surface area contributed by atoms with Gasteiger partial charge in [-0.25, -0.2) is 4.98 Å². The number of piperidine rings is 1. The number of likely N-dealkylation sites (tertiary alicyclic amines) is 1. The molecule has 0 bridgehead atoms. The van der Waals surface area contributed by atoms with Crippen LogP contribution in [0.5, 0.6) is 0 Å². The lowest BCUT2D eigenvalue weighted by molar-refractivity contribution is -0.133. The molecule has 102 valence electrons. The van der Waals surface area contributed by atoms with Crippen molar-refractivity contribution in [3.8, 4) is 0 Å². The van der Waals surface area contributed by atoms with Gasteiger partial charge >= 0.3 is 0 Å². The Kier molecular flexibility index (Phi) is 3.62. The molecular weight excluding hydrogens is 240 g/mol. The molecule has 2 fully saturated rings. The van der Waals surface area contributed by atoms with Gasteiger partial charge in [0.15, 0.2) is 0 Å². The van der Waals surface area contributed by atoms with E-state index in [4.69, 9.17) is 0 Å². The average Bonchev–Trinajstić information content (AvgIpc) is 3.31. The van der Waals surface area contributed by atoms with E-state index in [9.17, 15) is 4.79 Å². The summed E-state index contributed by atoms with van der Waals surface area (Å²) in [6, 6.07) is 0. The average molecular weight is 260 g/mol. The Labute approximate surface area is 113 Å². The van der Waals surface area contributed by atoms with Crippen molar-refractivity contribution in [2.24, 2.45) is 11.8 Å². The molecule has 1 N–H and O–H groups in total. The van der Waals surface area contributed by atoms with Gasteiger partial charge in [0.1, 0.15) is 5.82 Å². The van der Waals surface area contributed by atoms with Gasteiger partial charge in [0.25, 0.3) is 0 Å². The number of amides is 1. The van der Waals surface area contributed by atoms with Crippen molar-refractivity contribution in [3.05, 3.63) is 18.6 Å². The molecule has 1 saturated carbocycles. The number of nitrogens with zero attached hydrogens (tertiary/aromatic N) is 3. The maximum absolute atomic E-state index is 11.9. The van der Waals surface area contributed by atoms with E-state index in [2.05, 4.69) is 20.2 Å². The number of carbonyl (C=O) groups is 1. The summed E-state index contributed by atoms with van der Waals surface area (Å²) in [5.41, 5.74) is 0. The van der Waals surface area contributed by atoms with E-state index in [-0.39, 0.29) is 0 Å². The molecular formula is C14H20N4O. The van der Waals surface area contributed by atoms with Gasteiger partial charge in [-0.1, -0.05) is 0 Å². The number of nitrogens with one attached hydrogen (secondary N) is 1. The molecule has 0 aromatic carbocycles. The number of hydrogen-bond acceptors (Lipinski definition) is 4. The molecule has 1 aromatic rings. The molecule has 2 heterocycles. The highest BCUT2D eigenvalue weighted by Gasteiger charge is 2.34. The van der Waals surface area contributed by atoms with Crippen molar-refractivity contribution >= 4 is 11.7 Å². The van der Waals surface area contributed by atoms with Crippen LogP contribution in [-0.2, 0) is 4.79 Å². The Balaban J connectivity index is 1.41. The summed E-state index contributed by atoms with van der Waals surface area (Å²) in [6.45, 7) is 2.76. The highest BCUT2D eigenvalue weighted by Crippen LogP contribution is 2.32. The zero-order valence-electron chi connectivity index (χ0n) is 11.1. The third-order valence-electron chi connectivity index (χ3n) is 3.99. The number of carbonyl (C=O) groups excluding carboxylic acids is 1. The van der Waals surface area contributed by atoms with E-state index in [0.717, 1.165) is 51.1 Å². The number of rotatable bonds is 4. The largest absolute Gasteiger partial charge is 0.369 e. The molecule has 2 aliphatic rings. The lowest BCUT2D eigenvalue weighted by atomic mass is 9.96. The first-order valence-corrected chi connectivity index (χ1v) is 7.11. The summed E-state index contributed by atoms with van der Waals surface area (Å²) in [5.74, 6) is 2.21. The van der Waals surface area contributed by atoms with Crippen LogP contribution in [0, 0.1) is 11.8 Å². The van der Waals surface area contributed by atoms with Crippen LogP contribution in [0.4, 0.5) is 5.82 Å². The summed E-state index contributed by atoms with van der Waals surface area (Å²) in [7, 11) is 0. The van der Waals surface area contributed by atoms with Crippen molar-refractivity contribution in [1.82, 2.24) is 14.9 Å². The number of hydrogen-bond donors (Lipinski definition) is 1. The first-order valence-electron chi connectivity index (χ1n) is 7.11. The molecule has 1 amide bonds. The van der Waals surface area contributed by atoms with E-state index >= 15 is 0 Å². The Bertz CT molecular complexity index is 424. The second-order valence-electron chi connectivity index (χ2n) is 5.51. The van der Waals surface area contributed by atoms with Gasteiger partial charge in [0.05, 0.1) is 6.20 Å². The second-order valence-corrected chi connectivity index (χ2v) is 5.51. The van der Waals surface area contributed by atoms with Crippen LogP contribution < -0.4 is 5.32 Å². The Morgan fingerprint density at radius 3 is 2.68 bits per heavy atom. The molecule has 0 atom stereocenters. The molecule has 1 aliphatic carbocycles. The standard InChI is InChI=1S/C14H20N4O/c19-14(12-1-2-12)18-7-3-11(4-8-18)9-17-13-10-15-5-6-16-13/h5-6,10-12H,1-4,7-9H2,(H,16,17). The molecule has 1 saturated heterocycles. The summed E-state index contributed by atoms with van der Waals surface area (Å²) >= 11 is 0. The van der Waals surface area contributed by atoms with Gasteiger partial charge < -0.3 is 10.2 Å². The summed E-state index contributed by atoms with van der Waals surface area (Å²) in [5, 5.41) is 3.32. The smallest absolute Gasteiger partial charge is 0.225 e. The van der Waals surface area contributed by atoms with E-state index < -0.39 is 0 Å². The van der Waals surface area contributed by atoms with Crippen LogP contribution in [0.2, 0.25) is 0 Å². The normalized spacial score (nSPS) is 20.3. The second kappa shape index (κ2) is 5.55. The lowest BCUT2D eigenvalue weighted by Crippen LogP contribution is -2.40. The lowest BCUT2D eigenvalue weighted by Gasteiger charge is -2.32. The minimum Gasteiger partial charge on any atom is -0.369 e. The van der Waals surface area contributed by atoms with E-state index in [1.54, 1.807) is 18.6 Å². The van der Waals surface area contributed by atoms with Crippen LogP contribution in [-0.4, -0.2) is 40.4 Å². The Hall–Kier alpha value is -1.65. The van der Waals surface area contributed by atoms with Crippen LogP contribution in [0.25, 0.3) is 0 Å². The van der Waals surface area contributed by atoms with Gasteiger partial charge in [-0.15, -0.1) is 0 Å². The first kappa shape index (κ1) is 12.4.